The first-order valence-electron chi connectivity index (χ1n) is 7.91. The van der Waals surface area contributed by atoms with Crippen LogP contribution in [0.4, 0.5) is 0 Å². The van der Waals surface area contributed by atoms with Gasteiger partial charge in [-0.3, -0.25) is 20.4 Å². The highest BCUT2D eigenvalue weighted by molar-refractivity contribution is 5.96. The van der Waals surface area contributed by atoms with Gasteiger partial charge in [0.05, 0.1) is 13.2 Å². The van der Waals surface area contributed by atoms with Crippen molar-refractivity contribution in [2.24, 2.45) is 0 Å². The van der Waals surface area contributed by atoms with Crippen molar-refractivity contribution in [3.05, 3.63) is 23.8 Å². The van der Waals surface area contributed by atoms with Crippen molar-refractivity contribution in [2.45, 2.75) is 52.6 Å². The fourth-order valence-electron chi connectivity index (χ4n) is 1.96. The first kappa shape index (κ1) is 18.8. The van der Waals surface area contributed by atoms with Crippen molar-refractivity contribution in [1.82, 2.24) is 10.9 Å². The molecule has 6 heteroatoms. The molecule has 0 fully saturated rings. The Morgan fingerprint density at radius 1 is 1.13 bits per heavy atom. The smallest absolute Gasteiger partial charge is 0.269 e. The largest absolute Gasteiger partial charge is 0.493 e. The summed E-state index contributed by atoms with van der Waals surface area (Å²) >= 11 is 0. The van der Waals surface area contributed by atoms with Crippen LogP contribution in [0.1, 0.15) is 56.8 Å². The van der Waals surface area contributed by atoms with Crippen LogP contribution in [0.3, 0.4) is 0 Å². The van der Waals surface area contributed by atoms with Crippen LogP contribution in [-0.2, 0) is 4.79 Å². The Hall–Kier alpha value is -2.24. The Balaban J connectivity index is 2.60. The Morgan fingerprint density at radius 2 is 1.87 bits per heavy atom. The number of ether oxygens (including phenoxy) is 2. The minimum atomic E-state index is -0.400. The molecule has 0 saturated carbocycles. The maximum Gasteiger partial charge on any atom is 0.269 e. The Morgan fingerprint density at radius 3 is 2.48 bits per heavy atom. The van der Waals surface area contributed by atoms with E-state index in [-0.39, 0.29) is 12.0 Å². The number of hydrogen-bond donors (Lipinski definition) is 2. The van der Waals surface area contributed by atoms with Gasteiger partial charge >= 0.3 is 0 Å². The molecule has 1 rings (SSSR count). The van der Waals surface area contributed by atoms with Gasteiger partial charge in [0.2, 0.25) is 5.91 Å². The minimum absolute atomic E-state index is 0.00554. The van der Waals surface area contributed by atoms with Crippen molar-refractivity contribution < 1.29 is 19.1 Å². The van der Waals surface area contributed by atoms with E-state index in [0.717, 1.165) is 19.3 Å². The number of methoxy groups -OCH3 is 1. The van der Waals surface area contributed by atoms with Gasteiger partial charge in [0.25, 0.3) is 5.91 Å². The van der Waals surface area contributed by atoms with Crippen LogP contribution in [0.25, 0.3) is 0 Å². The molecule has 0 aliphatic rings. The molecule has 0 bridgehead atoms. The zero-order chi connectivity index (χ0) is 17.2. The molecular weight excluding hydrogens is 296 g/mol. The van der Waals surface area contributed by atoms with Gasteiger partial charge in [0.1, 0.15) is 0 Å². The van der Waals surface area contributed by atoms with E-state index in [4.69, 9.17) is 9.47 Å². The molecule has 0 atom stereocenters. The third-order valence-electron chi connectivity index (χ3n) is 3.11. The van der Waals surface area contributed by atoms with Gasteiger partial charge in [-0.05, 0) is 38.5 Å². The summed E-state index contributed by atoms with van der Waals surface area (Å²) in [5.41, 5.74) is 5.20. The molecule has 23 heavy (non-hydrogen) atoms. The normalized spacial score (nSPS) is 10.3. The van der Waals surface area contributed by atoms with E-state index in [1.807, 2.05) is 13.8 Å². The van der Waals surface area contributed by atoms with Crippen LogP contribution < -0.4 is 20.3 Å². The fraction of sp³-hybridized carbons (Fsp3) is 0.529. The lowest BCUT2D eigenvalue weighted by molar-refractivity contribution is -0.121. The molecule has 0 unspecified atom stereocenters. The quantitative estimate of drug-likeness (QED) is 0.570. The van der Waals surface area contributed by atoms with Crippen LogP contribution in [0.15, 0.2) is 18.2 Å². The second kappa shape index (κ2) is 9.71. The lowest BCUT2D eigenvalue weighted by Gasteiger charge is -2.14. The van der Waals surface area contributed by atoms with Gasteiger partial charge in [-0.25, -0.2) is 0 Å². The summed E-state index contributed by atoms with van der Waals surface area (Å²) in [7, 11) is 1.51. The molecule has 0 saturated heterocycles. The van der Waals surface area contributed by atoms with E-state index < -0.39 is 5.91 Å². The summed E-state index contributed by atoms with van der Waals surface area (Å²) < 4.78 is 10.8. The zero-order valence-corrected chi connectivity index (χ0v) is 14.3. The van der Waals surface area contributed by atoms with Gasteiger partial charge in [-0.1, -0.05) is 19.8 Å². The number of nitrogens with one attached hydrogen (secondary N) is 2. The van der Waals surface area contributed by atoms with Crippen molar-refractivity contribution in [2.75, 3.05) is 7.11 Å². The molecule has 2 N–H and O–H groups in total. The molecule has 0 heterocycles. The van der Waals surface area contributed by atoms with Gasteiger partial charge in [0.15, 0.2) is 11.5 Å². The zero-order valence-electron chi connectivity index (χ0n) is 14.3. The standard InChI is InChI=1S/C17H26N2O4/c1-5-6-7-8-16(20)18-19-17(21)13-9-10-14(23-12(2)3)15(11-13)22-4/h9-12H,5-8H2,1-4H3,(H,18,20)(H,19,21). The van der Waals surface area contributed by atoms with E-state index in [1.165, 1.54) is 7.11 Å². The molecule has 0 radical (unpaired) electrons. The molecule has 0 spiro atoms. The number of carbonyl (C=O) groups is 2. The predicted octanol–water partition coefficient (Wildman–Crippen LogP) is 2.82. The number of benzene rings is 1. The molecule has 0 aliphatic carbocycles. The molecule has 2 amide bonds. The van der Waals surface area contributed by atoms with E-state index >= 15 is 0 Å². The van der Waals surface area contributed by atoms with Crippen molar-refractivity contribution >= 4 is 11.8 Å². The highest BCUT2D eigenvalue weighted by Crippen LogP contribution is 2.28. The summed E-state index contributed by atoms with van der Waals surface area (Å²) in [5, 5.41) is 0. The summed E-state index contributed by atoms with van der Waals surface area (Å²) in [5.74, 6) is 0.449. The third-order valence-corrected chi connectivity index (χ3v) is 3.11. The van der Waals surface area contributed by atoms with Crippen LogP contribution in [-0.4, -0.2) is 25.0 Å². The van der Waals surface area contributed by atoms with Crippen LogP contribution >= 0.6 is 0 Å². The van der Waals surface area contributed by atoms with Crippen molar-refractivity contribution in [3.63, 3.8) is 0 Å². The average Bonchev–Trinajstić information content (AvgIpc) is 2.52. The molecule has 128 valence electrons. The van der Waals surface area contributed by atoms with Gasteiger partial charge in [-0.15, -0.1) is 0 Å². The van der Waals surface area contributed by atoms with Crippen LogP contribution in [0.5, 0.6) is 11.5 Å². The first-order chi connectivity index (χ1) is 11.0. The van der Waals surface area contributed by atoms with Crippen molar-refractivity contribution in [1.29, 1.82) is 0 Å². The fourth-order valence-corrected chi connectivity index (χ4v) is 1.96. The molecule has 0 aliphatic heterocycles. The number of hydrazine groups is 1. The Kier molecular flexibility index (Phi) is 7.94. The lowest BCUT2D eigenvalue weighted by atomic mass is 10.2. The maximum absolute atomic E-state index is 12.1. The van der Waals surface area contributed by atoms with Gasteiger partial charge in [0, 0.05) is 12.0 Å². The topological polar surface area (TPSA) is 76.7 Å². The molecule has 1 aromatic rings. The number of carbonyl (C=O) groups excluding carboxylic acids is 2. The van der Waals surface area contributed by atoms with E-state index in [1.54, 1.807) is 18.2 Å². The Bertz CT molecular complexity index is 529. The van der Waals surface area contributed by atoms with Gasteiger partial charge < -0.3 is 9.47 Å². The highest BCUT2D eigenvalue weighted by Gasteiger charge is 2.12. The first-order valence-corrected chi connectivity index (χ1v) is 7.91. The maximum atomic E-state index is 12.1. The SMILES string of the molecule is CCCCCC(=O)NNC(=O)c1ccc(OC(C)C)c(OC)c1. The summed E-state index contributed by atoms with van der Waals surface area (Å²) in [6, 6.07) is 4.88. The number of hydrogen-bond acceptors (Lipinski definition) is 4. The second-order valence-electron chi connectivity index (χ2n) is 5.49. The molecule has 0 aromatic heterocycles. The van der Waals surface area contributed by atoms with Crippen LogP contribution in [0, 0.1) is 0 Å². The van der Waals surface area contributed by atoms with Gasteiger partial charge in [-0.2, -0.15) is 0 Å². The van der Waals surface area contributed by atoms with Crippen LogP contribution in [0.2, 0.25) is 0 Å². The molecular formula is C17H26N2O4. The summed E-state index contributed by atoms with van der Waals surface area (Å²) in [6.07, 6.45) is 3.26. The molecule has 6 nitrogen and oxygen atoms in total. The van der Waals surface area contributed by atoms with Crippen molar-refractivity contribution in [3.8, 4) is 11.5 Å². The third kappa shape index (κ3) is 6.59. The second-order valence-corrected chi connectivity index (χ2v) is 5.49. The number of unbranched alkanes of at least 4 members (excludes halogenated alkanes) is 2. The summed E-state index contributed by atoms with van der Waals surface area (Å²) in [6.45, 7) is 5.89. The van der Waals surface area contributed by atoms with E-state index in [2.05, 4.69) is 17.8 Å². The average molecular weight is 322 g/mol. The number of amides is 2. The molecule has 1 aromatic carbocycles. The minimum Gasteiger partial charge on any atom is -0.493 e. The predicted molar refractivity (Wildman–Crippen MR) is 88.5 cm³/mol. The summed E-state index contributed by atoms with van der Waals surface area (Å²) in [4.78, 5) is 23.6. The highest BCUT2D eigenvalue weighted by atomic mass is 16.5. The van der Waals surface area contributed by atoms with E-state index in [9.17, 15) is 9.59 Å². The Labute approximate surface area is 137 Å². The van der Waals surface area contributed by atoms with E-state index in [0.29, 0.717) is 23.5 Å². The monoisotopic (exact) mass is 322 g/mol. The lowest BCUT2D eigenvalue weighted by Crippen LogP contribution is -2.41. The number of rotatable bonds is 8.